The fraction of sp³-hybridized carbons (Fsp3) is 0.263. The number of imidazole rings is 1. The van der Waals surface area contributed by atoms with Crippen LogP contribution in [0.4, 0.5) is 29.1 Å². The summed E-state index contributed by atoms with van der Waals surface area (Å²) in [7, 11) is 0. The van der Waals surface area contributed by atoms with Crippen LogP contribution < -0.4 is 10.6 Å². The Morgan fingerprint density at radius 1 is 1.34 bits per heavy atom. The van der Waals surface area contributed by atoms with Gasteiger partial charge in [0.15, 0.2) is 17.3 Å². The molecule has 0 spiro atoms. The lowest BCUT2D eigenvalue weighted by molar-refractivity contribution is -0.117. The van der Waals surface area contributed by atoms with E-state index in [0.717, 1.165) is 0 Å². The Kier molecular flexibility index (Phi) is 4.88. The number of H-pyrrole nitrogens is 1. The summed E-state index contributed by atoms with van der Waals surface area (Å²) in [6, 6.07) is 0. The zero-order valence-electron chi connectivity index (χ0n) is 16.0. The number of hydrogen-bond donors (Lipinski definition) is 3. The highest BCUT2D eigenvalue weighted by atomic mass is 35.5. The second-order valence-corrected chi connectivity index (χ2v) is 7.70. The van der Waals surface area contributed by atoms with Crippen LogP contribution in [0.2, 0.25) is 5.02 Å². The van der Waals surface area contributed by atoms with Crippen LogP contribution >= 0.6 is 11.6 Å². The fourth-order valence-electron chi connectivity index (χ4n) is 3.45. The molecule has 3 aromatic heterocycles. The van der Waals surface area contributed by atoms with Gasteiger partial charge in [-0.3, -0.25) is 14.9 Å². The lowest BCUT2D eigenvalue weighted by atomic mass is 10.1. The molecule has 13 heteroatoms. The fourth-order valence-corrected chi connectivity index (χ4v) is 3.75. The molecule has 1 saturated carbocycles. The van der Waals surface area contributed by atoms with Crippen molar-refractivity contribution in [3.05, 3.63) is 35.6 Å². The van der Waals surface area contributed by atoms with Crippen LogP contribution in [0.3, 0.4) is 0 Å². The van der Waals surface area contributed by atoms with Gasteiger partial charge in [0.1, 0.15) is 6.17 Å². The number of alkyl halides is 3. The Balaban J connectivity index is 1.54. The molecule has 1 fully saturated rings. The smallest absolute Gasteiger partial charge is 0.255 e. The summed E-state index contributed by atoms with van der Waals surface area (Å²) < 4.78 is 54.8. The van der Waals surface area contributed by atoms with Crippen molar-refractivity contribution < 1.29 is 22.4 Å². The number of carbonyl (C=O) groups is 1. The monoisotopic (exact) mass is 467 g/mol. The molecule has 3 heterocycles. The zero-order chi connectivity index (χ0) is 22.6. The molecule has 2 unspecified atom stereocenters. The summed E-state index contributed by atoms with van der Waals surface area (Å²) in [4.78, 5) is 20.4. The summed E-state index contributed by atoms with van der Waals surface area (Å²) in [5, 5.41) is 11.4. The molecular weight excluding hydrogens is 454 g/mol. The molecule has 8 nitrogen and oxygen atoms in total. The highest BCUT2D eigenvalue weighted by molar-refractivity contribution is 6.35. The summed E-state index contributed by atoms with van der Waals surface area (Å²) in [5.74, 6) is -1.83. The number of nitrogens with one attached hydrogen (secondary N) is 3. The SMILES string of the molecule is O=C(Nc1cn2cc(-c3c(Cl)c(F)c(NCC(F)F)c4[nH]ncc34)ncc2n1)C1CC1F. The number of fused-ring (bicyclic) bond motifs is 2. The molecule has 0 bridgehead atoms. The Bertz CT molecular complexity index is 1350. The van der Waals surface area contributed by atoms with Gasteiger partial charge < -0.3 is 15.0 Å². The van der Waals surface area contributed by atoms with E-state index in [9.17, 15) is 22.4 Å². The molecule has 1 aromatic carbocycles. The van der Waals surface area contributed by atoms with Crippen molar-refractivity contribution in [2.24, 2.45) is 5.92 Å². The third kappa shape index (κ3) is 3.49. The first kappa shape index (κ1) is 20.5. The number of halogens is 5. The predicted molar refractivity (Wildman–Crippen MR) is 109 cm³/mol. The van der Waals surface area contributed by atoms with Gasteiger partial charge in [-0.25, -0.2) is 22.5 Å². The summed E-state index contributed by atoms with van der Waals surface area (Å²) in [6.07, 6.45) is 2.17. The molecule has 5 rings (SSSR count). The maximum Gasteiger partial charge on any atom is 0.255 e. The number of aromatic amines is 1. The van der Waals surface area contributed by atoms with Gasteiger partial charge in [-0.2, -0.15) is 5.10 Å². The minimum Gasteiger partial charge on any atom is -0.375 e. The number of nitrogens with zero attached hydrogens (tertiary/aromatic N) is 4. The molecule has 166 valence electrons. The lowest BCUT2D eigenvalue weighted by Gasteiger charge is -2.13. The Hall–Kier alpha value is -3.41. The first-order valence-electron chi connectivity index (χ1n) is 9.49. The average Bonchev–Trinajstić information content (AvgIpc) is 3.11. The number of benzene rings is 1. The van der Waals surface area contributed by atoms with Gasteiger partial charge in [-0.15, -0.1) is 0 Å². The Labute approximate surface area is 182 Å². The van der Waals surface area contributed by atoms with E-state index < -0.39 is 36.8 Å². The van der Waals surface area contributed by atoms with E-state index in [1.54, 1.807) is 4.40 Å². The molecular formula is C19H14ClF4N7O. The normalized spacial score (nSPS) is 17.9. The number of amides is 1. The molecule has 2 atom stereocenters. The van der Waals surface area contributed by atoms with Crippen molar-refractivity contribution in [1.29, 1.82) is 0 Å². The highest BCUT2D eigenvalue weighted by Crippen LogP contribution is 2.40. The molecule has 1 amide bonds. The van der Waals surface area contributed by atoms with Gasteiger partial charge in [-0.1, -0.05) is 11.6 Å². The minimum atomic E-state index is -2.69. The van der Waals surface area contributed by atoms with Crippen LogP contribution in [-0.4, -0.2) is 49.6 Å². The number of aromatic nitrogens is 5. The molecule has 4 aromatic rings. The number of carbonyl (C=O) groups excluding carboxylic acids is 1. The quantitative estimate of drug-likeness (QED) is 0.372. The number of rotatable bonds is 6. The Morgan fingerprint density at radius 2 is 2.12 bits per heavy atom. The van der Waals surface area contributed by atoms with E-state index in [2.05, 4.69) is 30.8 Å². The third-order valence-corrected chi connectivity index (χ3v) is 5.48. The van der Waals surface area contributed by atoms with E-state index in [1.807, 2.05) is 0 Å². The number of anilines is 2. The van der Waals surface area contributed by atoms with Crippen molar-refractivity contribution in [2.45, 2.75) is 19.0 Å². The van der Waals surface area contributed by atoms with Gasteiger partial charge in [0.05, 0.1) is 53.0 Å². The summed E-state index contributed by atoms with van der Waals surface area (Å²) >= 11 is 6.26. The van der Waals surface area contributed by atoms with Crippen LogP contribution in [0.5, 0.6) is 0 Å². The van der Waals surface area contributed by atoms with Gasteiger partial charge in [0, 0.05) is 17.1 Å². The summed E-state index contributed by atoms with van der Waals surface area (Å²) in [5.41, 5.74) is 0.788. The minimum absolute atomic E-state index is 0.160. The van der Waals surface area contributed by atoms with Crippen LogP contribution in [0.1, 0.15) is 6.42 Å². The van der Waals surface area contributed by atoms with Crippen LogP contribution in [0.15, 0.2) is 24.8 Å². The maximum absolute atomic E-state index is 15.0. The maximum atomic E-state index is 15.0. The van der Waals surface area contributed by atoms with Crippen LogP contribution in [-0.2, 0) is 4.79 Å². The van der Waals surface area contributed by atoms with Gasteiger partial charge in [-0.05, 0) is 6.42 Å². The van der Waals surface area contributed by atoms with Crippen molar-refractivity contribution >= 4 is 45.6 Å². The first-order valence-corrected chi connectivity index (χ1v) is 9.87. The van der Waals surface area contributed by atoms with E-state index in [0.29, 0.717) is 11.0 Å². The van der Waals surface area contributed by atoms with E-state index in [4.69, 9.17) is 11.6 Å². The lowest BCUT2D eigenvalue weighted by Crippen LogP contribution is -2.15. The largest absolute Gasteiger partial charge is 0.375 e. The molecule has 1 aliphatic rings. The zero-order valence-corrected chi connectivity index (χ0v) is 16.8. The van der Waals surface area contributed by atoms with Crippen LogP contribution in [0.25, 0.3) is 27.8 Å². The predicted octanol–water partition coefficient (Wildman–Crippen LogP) is 4.04. The highest BCUT2D eigenvalue weighted by Gasteiger charge is 2.43. The molecule has 1 aliphatic carbocycles. The third-order valence-electron chi connectivity index (χ3n) is 5.12. The molecule has 0 saturated heterocycles. The van der Waals surface area contributed by atoms with E-state index >= 15 is 0 Å². The van der Waals surface area contributed by atoms with Crippen molar-refractivity contribution in [3.8, 4) is 11.3 Å². The molecule has 3 N–H and O–H groups in total. The average molecular weight is 468 g/mol. The molecule has 0 radical (unpaired) electrons. The molecule has 0 aliphatic heterocycles. The molecule has 32 heavy (non-hydrogen) atoms. The topological polar surface area (TPSA) is 100 Å². The van der Waals surface area contributed by atoms with Gasteiger partial charge in [0.25, 0.3) is 6.43 Å². The second kappa shape index (κ2) is 7.62. The first-order chi connectivity index (χ1) is 15.3. The van der Waals surface area contributed by atoms with Crippen molar-refractivity contribution in [3.63, 3.8) is 0 Å². The van der Waals surface area contributed by atoms with Gasteiger partial charge in [0.2, 0.25) is 5.91 Å². The van der Waals surface area contributed by atoms with Crippen LogP contribution in [0, 0.1) is 11.7 Å². The van der Waals surface area contributed by atoms with E-state index in [-0.39, 0.29) is 39.7 Å². The van der Waals surface area contributed by atoms with E-state index in [1.165, 1.54) is 24.8 Å². The van der Waals surface area contributed by atoms with Crippen molar-refractivity contribution in [1.82, 2.24) is 24.6 Å². The summed E-state index contributed by atoms with van der Waals surface area (Å²) in [6.45, 7) is -0.765. The number of hydrogen-bond acceptors (Lipinski definition) is 5. The van der Waals surface area contributed by atoms with Crippen molar-refractivity contribution in [2.75, 3.05) is 17.2 Å². The second-order valence-electron chi connectivity index (χ2n) is 7.32. The van der Waals surface area contributed by atoms with Gasteiger partial charge >= 0.3 is 0 Å². The Morgan fingerprint density at radius 3 is 2.84 bits per heavy atom. The standard InChI is InChI=1S/C19H14ClF4N7O/c20-15-14(8-2-27-30-17(8)18(16(15)24)26-3-11(22)23)10-5-31-6-12(28-13(31)4-25-10)29-19(32)7-1-9(7)21/h2,4-7,9,11,26H,1,3H2,(H,27,30)(H,29,32).